The zero-order valence-electron chi connectivity index (χ0n) is 7.65. The van der Waals surface area contributed by atoms with Gasteiger partial charge >= 0.3 is 0 Å². The van der Waals surface area contributed by atoms with Crippen LogP contribution in [0, 0.1) is 0 Å². The van der Waals surface area contributed by atoms with Gasteiger partial charge in [0, 0.05) is 0 Å². The van der Waals surface area contributed by atoms with Crippen LogP contribution in [0.25, 0.3) is 0 Å². The highest BCUT2D eigenvalue weighted by atomic mass is 32.2. The van der Waals surface area contributed by atoms with Crippen molar-refractivity contribution in [2.24, 2.45) is 0 Å². The molecular weight excluding hydrogens is 178 g/mol. The summed E-state index contributed by atoms with van der Waals surface area (Å²) in [4.78, 5) is 2.12. The first-order chi connectivity index (χ1) is 5.49. The Morgan fingerprint density at radius 2 is 1.75 bits per heavy atom. The quantitative estimate of drug-likeness (QED) is 0.631. The van der Waals surface area contributed by atoms with Crippen molar-refractivity contribution in [3.8, 4) is 0 Å². The number of hydrogen-bond donors (Lipinski definition) is 1. The lowest BCUT2D eigenvalue weighted by atomic mass is 10.4. The lowest BCUT2D eigenvalue weighted by Crippen LogP contribution is -2.25. The molecule has 0 heterocycles. The van der Waals surface area contributed by atoms with E-state index in [-0.39, 0.29) is 5.75 Å². The fourth-order valence-corrected chi connectivity index (χ4v) is 1.50. The monoisotopic (exact) mass is 195 g/mol. The van der Waals surface area contributed by atoms with Crippen LogP contribution in [0.1, 0.15) is 20.3 Å². The van der Waals surface area contributed by atoms with Gasteiger partial charge in [-0.25, -0.2) is 0 Å². The molecule has 0 aromatic carbocycles. The largest absolute Gasteiger partial charge is 0.304 e. The molecular formula is C7H17NO3S. The third kappa shape index (κ3) is 6.57. The van der Waals surface area contributed by atoms with Gasteiger partial charge in [-0.1, -0.05) is 13.8 Å². The number of hydrogen-bond acceptors (Lipinski definition) is 3. The second-order valence-electron chi connectivity index (χ2n) is 2.67. The molecule has 0 unspecified atom stereocenters. The van der Waals surface area contributed by atoms with E-state index in [0.29, 0.717) is 6.42 Å². The summed E-state index contributed by atoms with van der Waals surface area (Å²) in [6, 6.07) is 0. The van der Waals surface area contributed by atoms with Gasteiger partial charge in [-0.3, -0.25) is 4.55 Å². The molecule has 0 aromatic rings. The van der Waals surface area contributed by atoms with Gasteiger partial charge in [-0.05, 0) is 26.1 Å². The van der Waals surface area contributed by atoms with Gasteiger partial charge in [0.25, 0.3) is 10.1 Å². The Morgan fingerprint density at radius 3 is 2.08 bits per heavy atom. The molecule has 74 valence electrons. The molecule has 1 N–H and O–H groups in total. The molecule has 0 saturated carbocycles. The van der Waals surface area contributed by atoms with E-state index in [2.05, 4.69) is 4.90 Å². The van der Waals surface area contributed by atoms with Crippen molar-refractivity contribution in [3.63, 3.8) is 0 Å². The summed E-state index contributed by atoms with van der Waals surface area (Å²) in [7, 11) is -3.76. The SMILES string of the molecule is CCN(CC)CCCS(=O)(=O)O. The maximum atomic E-state index is 10.3. The Balaban J connectivity index is 3.55. The molecule has 0 saturated heterocycles. The molecule has 0 spiro atoms. The van der Waals surface area contributed by atoms with Crippen LogP contribution >= 0.6 is 0 Å². The van der Waals surface area contributed by atoms with E-state index in [0.717, 1.165) is 19.6 Å². The predicted molar refractivity (Wildman–Crippen MR) is 48.8 cm³/mol. The maximum absolute atomic E-state index is 10.3. The molecule has 0 aliphatic carbocycles. The van der Waals surface area contributed by atoms with Gasteiger partial charge < -0.3 is 4.90 Å². The summed E-state index contributed by atoms with van der Waals surface area (Å²) < 4.78 is 29.1. The van der Waals surface area contributed by atoms with Crippen LogP contribution in [0.3, 0.4) is 0 Å². The molecule has 0 aliphatic heterocycles. The minimum Gasteiger partial charge on any atom is -0.304 e. The van der Waals surface area contributed by atoms with Crippen molar-refractivity contribution in [2.45, 2.75) is 20.3 Å². The van der Waals surface area contributed by atoms with Crippen LogP contribution in [0.15, 0.2) is 0 Å². The minimum atomic E-state index is -3.76. The molecule has 0 rings (SSSR count). The van der Waals surface area contributed by atoms with Crippen molar-refractivity contribution in [1.82, 2.24) is 4.90 Å². The lowest BCUT2D eigenvalue weighted by molar-refractivity contribution is 0.304. The van der Waals surface area contributed by atoms with Crippen LogP contribution in [-0.4, -0.2) is 43.3 Å². The Hall–Kier alpha value is -0.130. The zero-order valence-corrected chi connectivity index (χ0v) is 8.47. The standard InChI is InChI=1S/C7H17NO3S/c1-3-8(4-2)6-5-7-12(9,10)11/h3-7H2,1-2H3,(H,9,10,11). The highest BCUT2D eigenvalue weighted by Crippen LogP contribution is 1.93. The first kappa shape index (κ1) is 11.9. The average molecular weight is 195 g/mol. The summed E-state index contributed by atoms with van der Waals surface area (Å²) in [6.07, 6.45) is 0.501. The molecule has 0 fully saturated rings. The highest BCUT2D eigenvalue weighted by Gasteiger charge is 2.05. The predicted octanol–water partition coefficient (Wildman–Crippen LogP) is 0.606. The Kier molecular flexibility index (Phi) is 5.44. The maximum Gasteiger partial charge on any atom is 0.264 e. The van der Waals surface area contributed by atoms with E-state index in [1.807, 2.05) is 13.8 Å². The first-order valence-corrected chi connectivity index (χ1v) is 5.78. The molecule has 0 amide bonds. The van der Waals surface area contributed by atoms with Crippen molar-refractivity contribution in [2.75, 3.05) is 25.4 Å². The highest BCUT2D eigenvalue weighted by molar-refractivity contribution is 7.85. The van der Waals surface area contributed by atoms with Gasteiger partial charge in [0.05, 0.1) is 5.75 Å². The molecule has 0 radical (unpaired) electrons. The van der Waals surface area contributed by atoms with Crippen LogP contribution in [-0.2, 0) is 10.1 Å². The fraction of sp³-hybridized carbons (Fsp3) is 1.00. The molecule has 4 nitrogen and oxygen atoms in total. The summed E-state index contributed by atoms with van der Waals surface area (Å²) in [5.41, 5.74) is 0. The smallest absolute Gasteiger partial charge is 0.264 e. The van der Waals surface area contributed by atoms with E-state index >= 15 is 0 Å². The third-order valence-corrected chi connectivity index (χ3v) is 2.58. The van der Waals surface area contributed by atoms with Gasteiger partial charge in [0.1, 0.15) is 0 Å². The third-order valence-electron chi connectivity index (χ3n) is 1.77. The van der Waals surface area contributed by atoms with Crippen molar-refractivity contribution >= 4 is 10.1 Å². The van der Waals surface area contributed by atoms with Gasteiger partial charge in [0.2, 0.25) is 0 Å². The molecule has 0 aliphatic rings. The van der Waals surface area contributed by atoms with Crippen molar-refractivity contribution < 1.29 is 13.0 Å². The molecule has 12 heavy (non-hydrogen) atoms. The number of rotatable bonds is 6. The normalized spacial score (nSPS) is 12.3. The summed E-state index contributed by atoms with van der Waals surface area (Å²) >= 11 is 0. The lowest BCUT2D eigenvalue weighted by Gasteiger charge is -2.16. The van der Waals surface area contributed by atoms with Crippen molar-refractivity contribution in [1.29, 1.82) is 0 Å². The van der Waals surface area contributed by atoms with E-state index in [1.54, 1.807) is 0 Å². The van der Waals surface area contributed by atoms with Gasteiger partial charge in [-0.2, -0.15) is 8.42 Å². The Labute approximate surface area is 74.3 Å². The van der Waals surface area contributed by atoms with Crippen LogP contribution in [0.5, 0.6) is 0 Å². The van der Waals surface area contributed by atoms with Crippen LogP contribution in [0.4, 0.5) is 0 Å². The van der Waals surface area contributed by atoms with Crippen LogP contribution < -0.4 is 0 Å². The molecule has 0 aromatic heterocycles. The van der Waals surface area contributed by atoms with Gasteiger partial charge in [0.15, 0.2) is 0 Å². The second kappa shape index (κ2) is 5.50. The Bertz CT molecular complexity index is 197. The average Bonchev–Trinajstić information content (AvgIpc) is 1.96. The topological polar surface area (TPSA) is 57.6 Å². The molecule has 5 heteroatoms. The van der Waals surface area contributed by atoms with Gasteiger partial charge in [-0.15, -0.1) is 0 Å². The minimum absolute atomic E-state index is 0.135. The zero-order chi connectivity index (χ0) is 9.61. The second-order valence-corrected chi connectivity index (χ2v) is 4.24. The molecule has 0 bridgehead atoms. The van der Waals surface area contributed by atoms with E-state index in [4.69, 9.17) is 4.55 Å². The van der Waals surface area contributed by atoms with E-state index in [9.17, 15) is 8.42 Å². The Morgan fingerprint density at radius 1 is 1.25 bits per heavy atom. The van der Waals surface area contributed by atoms with E-state index in [1.165, 1.54) is 0 Å². The van der Waals surface area contributed by atoms with Crippen molar-refractivity contribution in [3.05, 3.63) is 0 Å². The first-order valence-electron chi connectivity index (χ1n) is 4.17. The fourth-order valence-electron chi connectivity index (χ4n) is 1.01. The summed E-state index contributed by atoms with van der Waals surface area (Å²) in [5.74, 6) is -0.135. The number of nitrogens with zero attached hydrogens (tertiary/aromatic N) is 1. The van der Waals surface area contributed by atoms with Crippen LogP contribution in [0.2, 0.25) is 0 Å². The summed E-state index contributed by atoms with van der Waals surface area (Å²) in [6.45, 7) is 6.62. The van der Waals surface area contributed by atoms with E-state index < -0.39 is 10.1 Å². The molecule has 0 atom stereocenters. The summed E-state index contributed by atoms with van der Waals surface area (Å²) in [5, 5.41) is 0.